The fourth-order valence-electron chi connectivity index (χ4n) is 2.03. The third-order valence-corrected chi connectivity index (χ3v) is 17.8. The summed E-state index contributed by atoms with van der Waals surface area (Å²) >= 11 is 1.77. The normalized spacial score (nSPS) is 12.1. The SMILES string of the molecule is CCO[Si](C)(C)CCCSSSSSSc1nc2ccccc2s1. The highest BCUT2D eigenvalue weighted by atomic mass is 33.9. The monoisotopic (exact) mass is 471 g/mol. The molecule has 0 aliphatic carbocycles. The van der Waals surface area contributed by atoms with E-state index in [-0.39, 0.29) is 0 Å². The van der Waals surface area contributed by atoms with Crippen LogP contribution in [0.3, 0.4) is 0 Å². The number of fused-ring (bicyclic) bond motifs is 1. The minimum atomic E-state index is -1.38. The number of nitrogens with zero attached hydrogens (tertiary/aromatic N) is 1. The molecule has 134 valence electrons. The van der Waals surface area contributed by atoms with Crippen molar-refractivity contribution in [3.8, 4) is 0 Å². The zero-order valence-electron chi connectivity index (χ0n) is 13.9. The van der Waals surface area contributed by atoms with Gasteiger partial charge in [0, 0.05) is 12.4 Å². The summed E-state index contributed by atoms with van der Waals surface area (Å²) in [4.78, 5) is 4.63. The van der Waals surface area contributed by atoms with E-state index in [4.69, 9.17) is 4.43 Å². The Morgan fingerprint density at radius 1 is 1.12 bits per heavy atom. The van der Waals surface area contributed by atoms with Crippen molar-refractivity contribution < 1.29 is 4.43 Å². The van der Waals surface area contributed by atoms with Crippen LogP contribution in [0.4, 0.5) is 0 Å². The summed E-state index contributed by atoms with van der Waals surface area (Å²) < 4.78 is 8.26. The maximum atomic E-state index is 5.86. The van der Waals surface area contributed by atoms with E-state index in [1.807, 2.05) is 46.3 Å². The van der Waals surface area contributed by atoms with Crippen LogP contribution in [0.25, 0.3) is 10.2 Å². The van der Waals surface area contributed by atoms with Gasteiger partial charge in [-0.1, -0.05) is 22.9 Å². The lowest BCUT2D eigenvalue weighted by Gasteiger charge is -2.21. The summed E-state index contributed by atoms with van der Waals surface area (Å²) in [5.74, 6) is 1.21. The Hall–Kier alpha value is 1.39. The second-order valence-electron chi connectivity index (χ2n) is 5.42. The Kier molecular flexibility index (Phi) is 10.8. The van der Waals surface area contributed by atoms with Gasteiger partial charge >= 0.3 is 0 Å². The summed E-state index contributed by atoms with van der Waals surface area (Å²) in [6.07, 6.45) is 1.26. The Labute approximate surface area is 172 Å². The summed E-state index contributed by atoms with van der Waals surface area (Å²) in [5.41, 5.74) is 1.10. The van der Waals surface area contributed by atoms with Crippen LogP contribution in [0.2, 0.25) is 19.1 Å². The molecule has 2 rings (SSSR count). The van der Waals surface area contributed by atoms with Gasteiger partial charge in [-0.05, 0) is 94.7 Å². The molecule has 0 saturated heterocycles. The molecular formula is C14H21NOS7Si. The smallest absolute Gasteiger partial charge is 0.186 e. The van der Waals surface area contributed by atoms with Gasteiger partial charge in [-0.2, -0.15) is 0 Å². The second-order valence-corrected chi connectivity index (χ2v) is 20.5. The molecule has 2 nitrogen and oxygen atoms in total. The number of thiazole rings is 1. The predicted octanol–water partition coefficient (Wildman–Crippen LogP) is 8.26. The van der Waals surface area contributed by atoms with Gasteiger partial charge in [0.25, 0.3) is 0 Å². The highest BCUT2D eigenvalue weighted by Crippen LogP contribution is 2.54. The Bertz CT molecular complexity index is 577. The van der Waals surface area contributed by atoms with Crippen molar-refractivity contribution in [3.63, 3.8) is 0 Å². The fourth-order valence-corrected chi connectivity index (χ4v) is 17.1. The summed E-state index contributed by atoms with van der Waals surface area (Å²) in [6, 6.07) is 9.57. The third-order valence-electron chi connectivity index (χ3n) is 3.05. The average Bonchev–Trinajstić information content (AvgIpc) is 2.96. The fraction of sp³-hybridized carbons (Fsp3) is 0.500. The van der Waals surface area contributed by atoms with Crippen LogP contribution in [0.15, 0.2) is 28.6 Å². The highest BCUT2D eigenvalue weighted by molar-refractivity contribution is 9.41. The van der Waals surface area contributed by atoms with E-state index in [1.165, 1.54) is 22.9 Å². The number of para-hydroxylation sites is 1. The van der Waals surface area contributed by atoms with Crippen LogP contribution in [-0.4, -0.2) is 25.7 Å². The van der Waals surface area contributed by atoms with Crippen molar-refractivity contribution in [2.24, 2.45) is 0 Å². The van der Waals surface area contributed by atoms with Gasteiger partial charge in [-0.3, -0.25) is 0 Å². The van der Waals surface area contributed by atoms with Crippen LogP contribution in [-0.2, 0) is 4.43 Å². The average molecular weight is 472 g/mol. The zero-order chi connectivity index (χ0) is 17.3. The molecule has 0 unspecified atom stereocenters. The van der Waals surface area contributed by atoms with Gasteiger partial charge in [0.15, 0.2) is 12.7 Å². The van der Waals surface area contributed by atoms with E-state index in [9.17, 15) is 0 Å². The summed E-state index contributed by atoms with van der Waals surface area (Å²) in [7, 11) is 9.66. The van der Waals surface area contributed by atoms with E-state index in [2.05, 4.69) is 43.2 Å². The first-order chi connectivity index (χ1) is 11.6. The van der Waals surface area contributed by atoms with E-state index in [0.29, 0.717) is 0 Å². The number of rotatable bonds is 12. The number of hydrogen-bond acceptors (Lipinski definition) is 9. The molecule has 0 radical (unpaired) electrons. The molecule has 0 spiro atoms. The first kappa shape index (κ1) is 21.7. The maximum Gasteiger partial charge on any atom is 0.186 e. The van der Waals surface area contributed by atoms with Crippen LogP contribution >= 0.6 is 72.2 Å². The first-order valence-electron chi connectivity index (χ1n) is 7.56. The summed E-state index contributed by atoms with van der Waals surface area (Å²) in [5, 5.41) is 0. The van der Waals surface area contributed by atoms with Crippen molar-refractivity contribution in [1.29, 1.82) is 0 Å². The standard InChI is InChI=1S/C14H21NOS7Si/c1-4-16-24(2,3)11-7-10-17-20-22-23-21-19-14-15-12-8-5-6-9-13(12)18-14/h5-6,8-9H,4,7,10-11H2,1-3H3. The topological polar surface area (TPSA) is 22.1 Å². The van der Waals surface area contributed by atoms with Crippen molar-refractivity contribution in [1.82, 2.24) is 4.98 Å². The molecule has 2 aromatic rings. The van der Waals surface area contributed by atoms with Crippen molar-refractivity contribution in [3.05, 3.63) is 24.3 Å². The van der Waals surface area contributed by atoms with E-state index in [0.717, 1.165) is 16.5 Å². The van der Waals surface area contributed by atoms with Gasteiger partial charge in [-0.25, -0.2) is 4.98 Å². The lowest BCUT2D eigenvalue weighted by Crippen LogP contribution is -2.30. The molecule has 0 N–H and O–H groups in total. The molecule has 0 fully saturated rings. The predicted molar refractivity (Wildman–Crippen MR) is 127 cm³/mol. The quantitative estimate of drug-likeness (QED) is 0.173. The first-order valence-corrected chi connectivity index (χ1v) is 19.1. The van der Waals surface area contributed by atoms with Gasteiger partial charge in [0.1, 0.15) is 0 Å². The minimum Gasteiger partial charge on any atom is -0.418 e. The van der Waals surface area contributed by atoms with Gasteiger partial charge in [0.2, 0.25) is 0 Å². The number of aromatic nitrogens is 1. The Balaban J connectivity index is 1.48. The summed E-state index contributed by atoms with van der Waals surface area (Å²) in [6.45, 7) is 7.58. The molecule has 24 heavy (non-hydrogen) atoms. The molecule has 1 aromatic heterocycles. The number of benzene rings is 1. The molecule has 0 bridgehead atoms. The molecule has 0 saturated carbocycles. The lowest BCUT2D eigenvalue weighted by atomic mass is 10.3. The van der Waals surface area contributed by atoms with E-state index >= 15 is 0 Å². The van der Waals surface area contributed by atoms with Crippen molar-refractivity contribution in [2.45, 2.75) is 36.8 Å². The van der Waals surface area contributed by atoms with Crippen LogP contribution < -0.4 is 0 Å². The van der Waals surface area contributed by atoms with Crippen molar-refractivity contribution >= 4 is 90.8 Å². The van der Waals surface area contributed by atoms with E-state index < -0.39 is 8.32 Å². The number of hydrogen-bond donors (Lipinski definition) is 0. The van der Waals surface area contributed by atoms with Gasteiger partial charge < -0.3 is 4.43 Å². The molecule has 0 atom stereocenters. The second kappa shape index (κ2) is 12.0. The van der Waals surface area contributed by atoms with Crippen molar-refractivity contribution in [2.75, 3.05) is 12.4 Å². The Morgan fingerprint density at radius 3 is 2.71 bits per heavy atom. The van der Waals surface area contributed by atoms with Gasteiger partial charge in [-0.15, -0.1) is 11.3 Å². The van der Waals surface area contributed by atoms with Gasteiger partial charge in [0.05, 0.1) is 10.2 Å². The van der Waals surface area contributed by atoms with Crippen LogP contribution in [0.1, 0.15) is 13.3 Å². The lowest BCUT2D eigenvalue weighted by molar-refractivity contribution is 0.328. The van der Waals surface area contributed by atoms with E-state index in [1.54, 1.807) is 32.0 Å². The molecular weight excluding hydrogens is 451 g/mol. The largest absolute Gasteiger partial charge is 0.418 e. The third kappa shape index (κ3) is 8.39. The molecule has 0 aliphatic heterocycles. The van der Waals surface area contributed by atoms with Crippen LogP contribution in [0.5, 0.6) is 0 Å². The Morgan fingerprint density at radius 2 is 1.92 bits per heavy atom. The van der Waals surface area contributed by atoms with Crippen LogP contribution in [0, 0.1) is 0 Å². The minimum absolute atomic E-state index is 0.858. The maximum absolute atomic E-state index is 5.86. The molecule has 0 aliphatic rings. The molecule has 10 heteroatoms. The molecule has 1 aromatic carbocycles. The molecule has 0 amide bonds. The zero-order valence-corrected chi connectivity index (χ0v) is 20.6. The molecule has 1 heterocycles. The highest BCUT2D eigenvalue weighted by Gasteiger charge is 2.20.